The van der Waals surface area contributed by atoms with Crippen LogP contribution in [0.4, 0.5) is 24.5 Å². The number of rotatable bonds is 8. The molecule has 2 N–H and O–H groups in total. The van der Waals surface area contributed by atoms with Crippen molar-refractivity contribution >= 4 is 28.2 Å². The molecular formula is C31H26F3N3O3. The Balaban J connectivity index is 1.45. The van der Waals surface area contributed by atoms with Crippen LogP contribution in [0.15, 0.2) is 97.1 Å². The SMILES string of the molecule is CC(C)(Oc1ccc(Nc2ccc(-c3c4cccc(C(F)(F)F)c4nn3Cc3ccccc3)cc2)cc1)C(=O)O. The number of hydrogen-bond donors (Lipinski definition) is 2. The minimum atomic E-state index is -4.53. The molecule has 1 aromatic heterocycles. The molecule has 0 radical (unpaired) electrons. The Morgan fingerprint density at radius 3 is 2.10 bits per heavy atom. The number of benzene rings is 4. The van der Waals surface area contributed by atoms with E-state index < -0.39 is 23.3 Å². The third-order valence-electron chi connectivity index (χ3n) is 6.44. The molecule has 0 fully saturated rings. The van der Waals surface area contributed by atoms with E-state index in [1.165, 1.54) is 19.9 Å². The van der Waals surface area contributed by atoms with E-state index in [1.807, 2.05) is 54.6 Å². The molecule has 40 heavy (non-hydrogen) atoms. The van der Waals surface area contributed by atoms with Gasteiger partial charge in [0.25, 0.3) is 0 Å². The van der Waals surface area contributed by atoms with Crippen molar-refractivity contribution in [3.05, 3.63) is 108 Å². The lowest BCUT2D eigenvalue weighted by atomic mass is 10.0. The van der Waals surface area contributed by atoms with E-state index in [1.54, 1.807) is 35.0 Å². The maximum absolute atomic E-state index is 13.8. The zero-order chi connectivity index (χ0) is 28.5. The van der Waals surface area contributed by atoms with Crippen LogP contribution < -0.4 is 10.1 Å². The maximum Gasteiger partial charge on any atom is 0.418 e. The Morgan fingerprint density at radius 1 is 0.875 bits per heavy atom. The van der Waals surface area contributed by atoms with Crippen LogP contribution in [0, 0.1) is 0 Å². The van der Waals surface area contributed by atoms with E-state index >= 15 is 0 Å². The van der Waals surface area contributed by atoms with Crippen molar-refractivity contribution < 1.29 is 27.8 Å². The summed E-state index contributed by atoms with van der Waals surface area (Å²) in [5, 5.41) is 17.4. The standard InChI is InChI=1S/C31H26F3N3O3/c1-30(2,29(38)39)40-24-17-15-23(16-18-24)35-22-13-11-21(12-14-22)28-25-9-6-10-26(31(32,33)34)27(25)36-37(28)19-20-7-4-3-5-8-20/h3-18,35H,19H2,1-2H3,(H,38,39). The Kier molecular flexibility index (Phi) is 6.97. The number of nitrogens with one attached hydrogen (secondary N) is 1. The molecule has 0 bridgehead atoms. The van der Waals surface area contributed by atoms with E-state index in [-0.39, 0.29) is 5.52 Å². The smallest absolute Gasteiger partial charge is 0.418 e. The Morgan fingerprint density at radius 2 is 1.50 bits per heavy atom. The first kappa shape index (κ1) is 26.8. The molecule has 9 heteroatoms. The van der Waals surface area contributed by atoms with Gasteiger partial charge < -0.3 is 15.2 Å². The van der Waals surface area contributed by atoms with E-state index in [0.29, 0.717) is 23.4 Å². The molecule has 5 rings (SSSR count). The van der Waals surface area contributed by atoms with Gasteiger partial charge in [-0.15, -0.1) is 0 Å². The average molecular weight is 546 g/mol. The lowest BCUT2D eigenvalue weighted by Crippen LogP contribution is -2.37. The molecule has 0 aliphatic rings. The monoisotopic (exact) mass is 545 g/mol. The number of anilines is 2. The average Bonchev–Trinajstić information content (AvgIpc) is 3.28. The Labute approximate surface area is 228 Å². The van der Waals surface area contributed by atoms with Crippen LogP contribution in [-0.2, 0) is 17.5 Å². The lowest BCUT2D eigenvalue weighted by Gasteiger charge is -2.21. The van der Waals surface area contributed by atoms with Gasteiger partial charge in [0.05, 0.1) is 17.8 Å². The molecule has 6 nitrogen and oxygen atoms in total. The molecular weight excluding hydrogens is 519 g/mol. The first-order valence-electron chi connectivity index (χ1n) is 12.5. The van der Waals surface area contributed by atoms with Crippen molar-refractivity contribution in [2.45, 2.75) is 32.2 Å². The molecule has 1 heterocycles. The van der Waals surface area contributed by atoms with E-state index in [2.05, 4.69) is 10.4 Å². The normalized spacial score (nSPS) is 11.9. The molecule has 4 aromatic carbocycles. The van der Waals surface area contributed by atoms with Gasteiger partial charge in [-0.1, -0.05) is 54.6 Å². The van der Waals surface area contributed by atoms with Crippen LogP contribution in [0.3, 0.4) is 0 Å². The van der Waals surface area contributed by atoms with Crippen LogP contribution in [0.2, 0.25) is 0 Å². The zero-order valence-corrected chi connectivity index (χ0v) is 21.7. The fourth-order valence-electron chi connectivity index (χ4n) is 4.38. The van der Waals surface area contributed by atoms with Crippen molar-refractivity contribution in [1.29, 1.82) is 0 Å². The van der Waals surface area contributed by atoms with Gasteiger partial charge in [-0.05, 0) is 61.9 Å². The predicted octanol–water partition coefficient (Wildman–Crippen LogP) is 7.76. The van der Waals surface area contributed by atoms with Crippen molar-refractivity contribution in [2.24, 2.45) is 0 Å². The van der Waals surface area contributed by atoms with Crippen LogP contribution in [0.5, 0.6) is 5.75 Å². The van der Waals surface area contributed by atoms with Gasteiger partial charge in [-0.3, -0.25) is 4.68 Å². The number of nitrogens with zero attached hydrogens (tertiary/aromatic N) is 2. The fourth-order valence-corrected chi connectivity index (χ4v) is 4.38. The largest absolute Gasteiger partial charge is 0.478 e. The van der Waals surface area contributed by atoms with E-state index in [9.17, 15) is 23.1 Å². The number of aromatic nitrogens is 2. The predicted molar refractivity (Wildman–Crippen MR) is 148 cm³/mol. The van der Waals surface area contributed by atoms with Crippen molar-refractivity contribution in [3.8, 4) is 17.0 Å². The molecule has 5 aromatic rings. The lowest BCUT2D eigenvalue weighted by molar-refractivity contribution is -0.152. The van der Waals surface area contributed by atoms with Gasteiger partial charge in [-0.25, -0.2) is 4.79 Å². The fraction of sp³-hybridized carbons (Fsp3) is 0.161. The van der Waals surface area contributed by atoms with Crippen molar-refractivity contribution in [2.75, 3.05) is 5.32 Å². The summed E-state index contributed by atoms with van der Waals surface area (Å²) in [7, 11) is 0. The third kappa shape index (κ3) is 5.63. The van der Waals surface area contributed by atoms with Crippen molar-refractivity contribution in [1.82, 2.24) is 9.78 Å². The second-order valence-corrected chi connectivity index (χ2v) is 9.84. The summed E-state index contributed by atoms with van der Waals surface area (Å²) in [6.07, 6.45) is -4.53. The van der Waals surface area contributed by atoms with Gasteiger partial charge in [0.15, 0.2) is 5.60 Å². The van der Waals surface area contributed by atoms with Crippen LogP contribution in [0.1, 0.15) is 25.0 Å². The molecule has 0 unspecified atom stereocenters. The molecule has 204 valence electrons. The van der Waals surface area contributed by atoms with E-state index in [0.717, 1.165) is 28.6 Å². The van der Waals surface area contributed by atoms with Gasteiger partial charge in [0, 0.05) is 22.3 Å². The summed E-state index contributed by atoms with van der Waals surface area (Å²) in [4.78, 5) is 11.3. The third-order valence-corrected chi connectivity index (χ3v) is 6.44. The molecule has 0 saturated carbocycles. The van der Waals surface area contributed by atoms with Gasteiger partial charge in [0.2, 0.25) is 0 Å². The Hall–Kier alpha value is -4.79. The quantitative estimate of drug-likeness (QED) is 0.208. The summed E-state index contributed by atoms with van der Waals surface area (Å²) in [6.45, 7) is 3.26. The molecule has 0 aliphatic heterocycles. The minimum Gasteiger partial charge on any atom is -0.478 e. The summed E-state index contributed by atoms with van der Waals surface area (Å²) >= 11 is 0. The number of carboxylic acid groups (broad SMARTS) is 1. The number of halogens is 3. The molecule has 0 aliphatic carbocycles. The first-order valence-corrected chi connectivity index (χ1v) is 12.5. The zero-order valence-electron chi connectivity index (χ0n) is 21.7. The summed E-state index contributed by atoms with van der Waals surface area (Å²) < 4.78 is 48.6. The molecule has 0 spiro atoms. The van der Waals surface area contributed by atoms with Crippen LogP contribution in [-0.4, -0.2) is 26.5 Å². The highest BCUT2D eigenvalue weighted by atomic mass is 19.4. The topological polar surface area (TPSA) is 76.4 Å². The molecule has 0 amide bonds. The first-order chi connectivity index (χ1) is 19.0. The number of carboxylic acids is 1. The second-order valence-electron chi connectivity index (χ2n) is 9.84. The summed E-state index contributed by atoms with van der Waals surface area (Å²) in [5.74, 6) is -0.646. The Bertz CT molecular complexity index is 1640. The second kappa shape index (κ2) is 10.4. The number of aliphatic carboxylic acids is 1. The summed E-state index contributed by atoms with van der Waals surface area (Å²) in [5.41, 5.74) is 1.54. The number of ether oxygens (including phenoxy) is 1. The highest BCUT2D eigenvalue weighted by Gasteiger charge is 2.34. The maximum atomic E-state index is 13.8. The molecule has 0 saturated heterocycles. The highest BCUT2D eigenvalue weighted by Crippen LogP contribution is 2.38. The molecule has 0 atom stereocenters. The minimum absolute atomic E-state index is 0.0866. The highest BCUT2D eigenvalue weighted by molar-refractivity contribution is 5.95. The number of carbonyl (C=O) groups is 1. The van der Waals surface area contributed by atoms with Gasteiger partial charge in [-0.2, -0.15) is 18.3 Å². The number of hydrogen-bond acceptors (Lipinski definition) is 4. The summed E-state index contributed by atoms with van der Waals surface area (Å²) in [6, 6.07) is 27.8. The van der Waals surface area contributed by atoms with E-state index in [4.69, 9.17) is 4.74 Å². The number of fused-ring (bicyclic) bond motifs is 1. The van der Waals surface area contributed by atoms with Crippen LogP contribution in [0.25, 0.3) is 22.2 Å². The number of alkyl halides is 3. The van der Waals surface area contributed by atoms with Crippen LogP contribution >= 0.6 is 0 Å². The van der Waals surface area contributed by atoms with Crippen molar-refractivity contribution in [3.63, 3.8) is 0 Å². The van der Waals surface area contributed by atoms with Gasteiger partial charge in [0.1, 0.15) is 11.3 Å². The van der Waals surface area contributed by atoms with Gasteiger partial charge >= 0.3 is 12.1 Å².